The first-order chi connectivity index (χ1) is 10.1. The Hall–Kier alpha value is -2.67. The lowest BCUT2D eigenvalue weighted by Crippen LogP contribution is -2.23. The van der Waals surface area contributed by atoms with Crippen molar-refractivity contribution in [1.29, 1.82) is 0 Å². The molecule has 0 aromatic carbocycles. The van der Waals surface area contributed by atoms with Gasteiger partial charge in [0.05, 0.1) is 12.1 Å². The largest absolute Gasteiger partial charge is 0.478 e. The number of carbonyl (C=O) groups excluding carboxylic acids is 1. The number of rotatable bonds is 5. The molecule has 0 aliphatic carbocycles. The molecule has 0 saturated heterocycles. The molecule has 0 spiro atoms. The SMILES string of the molecule is O=C(O)/C=C/c1ccsc1CNC(=O)c1ccc(=O)[nH]c1. The van der Waals surface area contributed by atoms with Crippen molar-refractivity contribution in [1.82, 2.24) is 10.3 Å². The summed E-state index contributed by atoms with van der Waals surface area (Å²) in [6, 6.07) is 4.50. The van der Waals surface area contributed by atoms with E-state index in [1.807, 2.05) is 5.38 Å². The number of aromatic nitrogens is 1. The van der Waals surface area contributed by atoms with Crippen LogP contribution in [0.5, 0.6) is 0 Å². The molecule has 3 N–H and O–H groups in total. The average molecular weight is 304 g/mol. The van der Waals surface area contributed by atoms with Gasteiger partial charge in [0.15, 0.2) is 0 Å². The Morgan fingerprint density at radius 3 is 2.81 bits per heavy atom. The van der Waals surface area contributed by atoms with Crippen LogP contribution in [0.2, 0.25) is 0 Å². The predicted octanol–water partition coefficient (Wildman–Crippen LogP) is 1.46. The lowest BCUT2D eigenvalue weighted by molar-refractivity contribution is -0.131. The second kappa shape index (κ2) is 6.67. The summed E-state index contributed by atoms with van der Waals surface area (Å²) < 4.78 is 0. The maximum Gasteiger partial charge on any atom is 0.328 e. The summed E-state index contributed by atoms with van der Waals surface area (Å²) in [5.41, 5.74) is 0.837. The smallest absolute Gasteiger partial charge is 0.328 e. The molecule has 2 rings (SSSR count). The van der Waals surface area contributed by atoms with Gasteiger partial charge in [0.25, 0.3) is 5.91 Å². The Morgan fingerprint density at radius 1 is 1.33 bits per heavy atom. The minimum atomic E-state index is -1.02. The molecule has 0 unspecified atom stereocenters. The first kappa shape index (κ1) is 14.7. The van der Waals surface area contributed by atoms with E-state index in [2.05, 4.69) is 10.3 Å². The number of hydrogen-bond donors (Lipinski definition) is 3. The molecule has 2 aromatic rings. The highest BCUT2D eigenvalue weighted by molar-refractivity contribution is 7.10. The monoisotopic (exact) mass is 304 g/mol. The standard InChI is InChI=1S/C14H12N2O4S/c17-12-3-1-10(7-15-12)14(20)16-8-11-9(5-6-21-11)2-4-13(18)19/h1-7H,8H2,(H,15,17)(H,16,20)(H,18,19)/b4-2+. The summed E-state index contributed by atoms with van der Waals surface area (Å²) in [6.45, 7) is 0.287. The Bertz CT molecular complexity index is 725. The van der Waals surface area contributed by atoms with Crippen LogP contribution in [0, 0.1) is 0 Å². The molecule has 0 aliphatic heterocycles. The van der Waals surface area contributed by atoms with Crippen LogP contribution in [-0.4, -0.2) is 22.0 Å². The number of hydrogen-bond acceptors (Lipinski definition) is 4. The molecule has 2 aromatic heterocycles. The van der Waals surface area contributed by atoms with Gasteiger partial charge in [-0.2, -0.15) is 0 Å². The molecule has 6 nitrogen and oxygen atoms in total. The van der Waals surface area contributed by atoms with Crippen LogP contribution in [0.15, 0.2) is 40.6 Å². The minimum absolute atomic E-state index is 0.272. The summed E-state index contributed by atoms with van der Waals surface area (Å²) in [7, 11) is 0. The number of aromatic amines is 1. The van der Waals surface area contributed by atoms with Gasteiger partial charge in [-0.3, -0.25) is 9.59 Å². The van der Waals surface area contributed by atoms with E-state index in [1.54, 1.807) is 6.07 Å². The predicted molar refractivity (Wildman–Crippen MR) is 79.2 cm³/mol. The molecular weight excluding hydrogens is 292 g/mol. The van der Waals surface area contributed by atoms with Crippen molar-refractivity contribution in [3.8, 4) is 0 Å². The minimum Gasteiger partial charge on any atom is -0.478 e. The number of carboxylic acids is 1. The molecule has 0 atom stereocenters. The number of nitrogens with one attached hydrogen (secondary N) is 2. The summed E-state index contributed by atoms with van der Waals surface area (Å²) in [5, 5.41) is 13.1. The second-order valence-corrected chi connectivity index (χ2v) is 5.10. The van der Waals surface area contributed by atoms with Crippen molar-refractivity contribution in [3.05, 3.63) is 62.2 Å². The van der Waals surface area contributed by atoms with Crippen LogP contribution in [-0.2, 0) is 11.3 Å². The summed E-state index contributed by atoms with van der Waals surface area (Å²) in [4.78, 5) is 36.6. The fraction of sp³-hybridized carbons (Fsp3) is 0.0714. The number of H-pyrrole nitrogens is 1. The van der Waals surface area contributed by atoms with Crippen LogP contribution in [0.3, 0.4) is 0 Å². The zero-order valence-corrected chi connectivity index (χ0v) is 11.6. The summed E-state index contributed by atoms with van der Waals surface area (Å²) in [6.07, 6.45) is 3.88. The highest BCUT2D eigenvalue weighted by atomic mass is 32.1. The van der Waals surface area contributed by atoms with E-state index in [0.29, 0.717) is 5.56 Å². The van der Waals surface area contributed by atoms with E-state index in [1.165, 1.54) is 35.7 Å². The molecular formula is C14H12N2O4S. The number of carboxylic acid groups (broad SMARTS) is 1. The van der Waals surface area contributed by atoms with Crippen molar-refractivity contribution in [2.45, 2.75) is 6.54 Å². The van der Waals surface area contributed by atoms with Gasteiger partial charge in [0.2, 0.25) is 5.56 Å². The molecule has 0 radical (unpaired) electrons. The van der Waals surface area contributed by atoms with Gasteiger partial charge in [-0.15, -0.1) is 11.3 Å². The van der Waals surface area contributed by atoms with Crippen LogP contribution in [0.25, 0.3) is 6.08 Å². The van der Waals surface area contributed by atoms with Gasteiger partial charge in [-0.1, -0.05) is 0 Å². The highest BCUT2D eigenvalue weighted by Gasteiger charge is 2.07. The van der Waals surface area contributed by atoms with Gasteiger partial charge >= 0.3 is 5.97 Å². The topological polar surface area (TPSA) is 99.3 Å². The second-order valence-electron chi connectivity index (χ2n) is 4.09. The molecule has 0 bridgehead atoms. The lowest BCUT2D eigenvalue weighted by atomic mass is 10.2. The van der Waals surface area contributed by atoms with Crippen molar-refractivity contribution >= 4 is 29.3 Å². The quantitative estimate of drug-likeness (QED) is 0.728. The molecule has 0 fully saturated rings. The van der Waals surface area contributed by atoms with Crippen molar-refractivity contribution in [2.24, 2.45) is 0 Å². The van der Waals surface area contributed by atoms with Gasteiger partial charge in [-0.25, -0.2) is 4.79 Å². The van der Waals surface area contributed by atoms with Gasteiger partial charge in [-0.05, 0) is 29.2 Å². The van der Waals surface area contributed by atoms with Crippen LogP contribution in [0.1, 0.15) is 20.8 Å². The fourth-order valence-corrected chi connectivity index (χ4v) is 2.42. The van der Waals surface area contributed by atoms with E-state index in [0.717, 1.165) is 16.5 Å². The molecule has 0 aliphatic rings. The maximum absolute atomic E-state index is 11.9. The number of carbonyl (C=O) groups is 2. The van der Waals surface area contributed by atoms with E-state index in [4.69, 9.17) is 5.11 Å². The van der Waals surface area contributed by atoms with Crippen molar-refractivity contribution < 1.29 is 14.7 Å². The van der Waals surface area contributed by atoms with Gasteiger partial charge < -0.3 is 15.4 Å². The molecule has 7 heteroatoms. The van der Waals surface area contributed by atoms with E-state index in [9.17, 15) is 14.4 Å². The maximum atomic E-state index is 11.9. The number of amides is 1. The van der Waals surface area contributed by atoms with E-state index >= 15 is 0 Å². The van der Waals surface area contributed by atoms with Crippen LogP contribution < -0.4 is 10.9 Å². The zero-order chi connectivity index (χ0) is 15.2. The van der Waals surface area contributed by atoms with Gasteiger partial charge in [0, 0.05) is 23.2 Å². The fourth-order valence-electron chi connectivity index (χ4n) is 1.62. The normalized spacial score (nSPS) is 10.7. The van der Waals surface area contributed by atoms with Crippen molar-refractivity contribution in [2.75, 3.05) is 0 Å². The third kappa shape index (κ3) is 4.15. The Morgan fingerprint density at radius 2 is 2.14 bits per heavy atom. The third-order valence-electron chi connectivity index (χ3n) is 2.64. The highest BCUT2D eigenvalue weighted by Crippen LogP contribution is 2.18. The average Bonchev–Trinajstić information content (AvgIpc) is 2.90. The Kier molecular flexibility index (Phi) is 4.68. The Balaban J connectivity index is 2.02. The first-order valence-electron chi connectivity index (χ1n) is 6.00. The van der Waals surface area contributed by atoms with E-state index < -0.39 is 5.97 Å². The molecule has 1 amide bonds. The number of pyridine rings is 1. The van der Waals surface area contributed by atoms with Gasteiger partial charge in [0.1, 0.15) is 0 Å². The summed E-state index contributed by atoms with van der Waals surface area (Å²) >= 11 is 1.42. The Labute approximate surface area is 123 Å². The van der Waals surface area contributed by atoms with Crippen LogP contribution in [0.4, 0.5) is 0 Å². The molecule has 0 saturated carbocycles. The number of aliphatic carboxylic acids is 1. The van der Waals surface area contributed by atoms with E-state index in [-0.39, 0.29) is 18.0 Å². The molecule has 21 heavy (non-hydrogen) atoms. The number of thiophene rings is 1. The lowest BCUT2D eigenvalue weighted by Gasteiger charge is -2.04. The summed E-state index contributed by atoms with van der Waals surface area (Å²) in [5.74, 6) is -1.34. The first-order valence-corrected chi connectivity index (χ1v) is 6.88. The van der Waals surface area contributed by atoms with Crippen LogP contribution >= 0.6 is 11.3 Å². The zero-order valence-electron chi connectivity index (χ0n) is 10.8. The molecule has 2 heterocycles. The molecule has 108 valence electrons. The third-order valence-corrected chi connectivity index (χ3v) is 3.58. The van der Waals surface area contributed by atoms with Crippen molar-refractivity contribution in [3.63, 3.8) is 0 Å².